The Hall–Kier alpha value is -1.82. The first-order valence-electron chi connectivity index (χ1n) is 4.90. The molecule has 0 aliphatic carbocycles. The van der Waals surface area contributed by atoms with E-state index in [4.69, 9.17) is 6.57 Å². The van der Waals surface area contributed by atoms with Crippen LogP contribution in [0.3, 0.4) is 0 Å². The maximum Gasteiger partial charge on any atom is 0.304 e. The van der Waals surface area contributed by atoms with E-state index in [1.807, 2.05) is 32.0 Å². The third-order valence-electron chi connectivity index (χ3n) is 2.23. The molecule has 0 heterocycles. The zero-order chi connectivity index (χ0) is 11.3. The molecule has 0 radical (unpaired) electrons. The Morgan fingerprint density at radius 3 is 2.87 bits per heavy atom. The third kappa shape index (κ3) is 2.81. The summed E-state index contributed by atoms with van der Waals surface area (Å²) >= 11 is 0. The van der Waals surface area contributed by atoms with Gasteiger partial charge in [-0.15, -0.1) is 0 Å². The SMILES string of the molecule is [C-]#[N+]CC(=O)Nc1c(C)cccc1CC. The predicted octanol–water partition coefficient (Wildman–Crippen LogP) is 2.42. The first kappa shape index (κ1) is 11.3. The molecule has 78 valence electrons. The number of carbonyl (C=O) groups is 1. The molecule has 1 amide bonds. The quantitative estimate of drug-likeness (QED) is 0.750. The van der Waals surface area contributed by atoms with Crippen LogP contribution in [0.25, 0.3) is 4.85 Å². The summed E-state index contributed by atoms with van der Waals surface area (Å²) < 4.78 is 0. The maximum absolute atomic E-state index is 11.3. The van der Waals surface area contributed by atoms with Crippen LogP contribution in [0.15, 0.2) is 18.2 Å². The minimum absolute atomic E-state index is 0.114. The largest absolute Gasteiger partial charge is 0.319 e. The zero-order valence-electron chi connectivity index (χ0n) is 9.00. The van der Waals surface area contributed by atoms with Crippen LogP contribution in [-0.4, -0.2) is 12.5 Å². The molecular weight excluding hydrogens is 188 g/mol. The first-order valence-corrected chi connectivity index (χ1v) is 4.90. The smallest absolute Gasteiger partial charge is 0.304 e. The van der Waals surface area contributed by atoms with E-state index >= 15 is 0 Å². The molecule has 1 N–H and O–H groups in total. The summed E-state index contributed by atoms with van der Waals surface area (Å²) in [5.74, 6) is -0.242. The molecule has 0 atom stereocenters. The van der Waals surface area contributed by atoms with Crippen molar-refractivity contribution in [1.82, 2.24) is 0 Å². The van der Waals surface area contributed by atoms with Gasteiger partial charge in [0, 0.05) is 5.69 Å². The van der Waals surface area contributed by atoms with Gasteiger partial charge in [-0.1, -0.05) is 25.1 Å². The molecule has 0 unspecified atom stereocenters. The van der Waals surface area contributed by atoms with Crippen LogP contribution in [0.4, 0.5) is 5.69 Å². The average Bonchev–Trinajstić information content (AvgIpc) is 2.21. The minimum atomic E-state index is -0.242. The number of carbonyl (C=O) groups excluding carboxylic acids is 1. The molecule has 1 rings (SSSR count). The molecule has 0 spiro atoms. The first-order chi connectivity index (χ1) is 7.19. The molecule has 0 saturated heterocycles. The fraction of sp³-hybridized carbons (Fsp3) is 0.333. The lowest BCUT2D eigenvalue weighted by Gasteiger charge is -2.10. The molecule has 0 saturated carbocycles. The van der Waals surface area contributed by atoms with E-state index in [1.54, 1.807) is 0 Å². The van der Waals surface area contributed by atoms with E-state index in [9.17, 15) is 4.79 Å². The number of aryl methyl sites for hydroxylation is 2. The molecule has 15 heavy (non-hydrogen) atoms. The number of anilines is 1. The summed E-state index contributed by atoms with van der Waals surface area (Å²) in [6, 6.07) is 5.91. The molecule has 0 aliphatic heterocycles. The highest BCUT2D eigenvalue weighted by molar-refractivity contribution is 5.94. The average molecular weight is 202 g/mol. The van der Waals surface area contributed by atoms with E-state index in [0.29, 0.717) is 0 Å². The van der Waals surface area contributed by atoms with Crippen LogP contribution in [0.2, 0.25) is 0 Å². The Labute approximate surface area is 89.9 Å². The van der Waals surface area contributed by atoms with E-state index in [0.717, 1.165) is 23.2 Å². The lowest BCUT2D eigenvalue weighted by Crippen LogP contribution is -2.15. The lowest BCUT2D eigenvalue weighted by atomic mass is 10.1. The summed E-state index contributed by atoms with van der Waals surface area (Å²) in [5, 5.41) is 2.78. The van der Waals surface area contributed by atoms with E-state index in [2.05, 4.69) is 10.2 Å². The van der Waals surface area contributed by atoms with Gasteiger partial charge in [0.15, 0.2) is 0 Å². The molecule has 1 aromatic rings. The predicted molar refractivity (Wildman–Crippen MR) is 60.7 cm³/mol. The Balaban J connectivity index is 2.93. The van der Waals surface area contributed by atoms with E-state index < -0.39 is 0 Å². The van der Waals surface area contributed by atoms with Crippen molar-refractivity contribution in [3.05, 3.63) is 40.7 Å². The molecule has 0 fully saturated rings. The molecule has 3 heteroatoms. The van der Waals surface area contributed by atoms with Gasteiger partial charge in [-0.25, -0.2) is 6.57 Å². The van der Waals surface area contributed by atoms with Gasteiger partial charge < -0.3 is 10.2 Å². The van der Waals surface area contributed by atoms with Gasteiger partial charge in [0.25, 0.3) is 6.54 Å². The van der Waals surface area contributed by atoms with Crippen LogP contribution < -0.4 is 5.32 Å². The van der Waals surface area contributed by atoms with Crippen molar-refractivity contribution in [2.45, 2.75) is 20.3 Å². The summed E-state index contributed by atoms with van der Waals surface area (Å²) in [7, 11) is 0. The van der Waals surface area contributed by atoms with Gasteiger partial charge in [-0.05, 0) is 24.5 Å². The molecule has 0 bridgehead atoms. The Bertz CT molecular complexity index is 405. The number of nitrogens with one attached hydrogen (secondary N) is 1. The van der Waals surface area contributed by atoms with Gasteiger partial charge in [0.05, 0.1) is 0 Å². The van der Waals surface area contributed by atoms with Crippen LogP contribution >= 0.6 is 0 Å². The molecule has 1 aromatic carbocycles. The fourth-order valence-electron chi connectivity index (χ4n) is 1.45. The van der Waals surface area contributed by atoms with E-state index in [1.165, 1.54) is 0 Å². The van der Waals surface area contributed by atoms with Crippen LogP contribution in [0.1, 0.15) is 18.1 Å². The van der Waals surface area contributed by atoms with Crippen LogP contribution in [0, 0.1) is 13.5 Å². The van der Waals surface area contributed by atoms with Crippen molar-refractivity contribution in [3.8, 4) is 0 Å². The highest BCUT2D eigenvalue weighted by Gasteiger charge is 2.09. The number of para-hydroxylation sites is 1. The summed E-state index contributed by atoms with van der Waals surface area (Å²) in [6.45, 7) is 10.5. The van der Waals surface area contributed by atoms with Crippen LogP contribution in [-0.2, 0) is 11.2 Å². The zero-order valence-corrected chi connectivity index (χ0v) is 9.00. The second-order valence-corrected chi connectivity index (χ2v) is 3.33. The van der Waals surface area contributed by atoms with Crippen molar-refractivity contribution in [2.75, 3.05) is 11.9 Å². The van der Waals surface area contributed by atoms with Crippen molar-refractivity contribution in [2.24, 2.45) is 0 Å². The second kappa shape index (κ2) is 5.16. The van der Waals surface area contributed by atoms with Gasteiger partial charge in [0.2, 0.25) is 0 Å². The second-order valence-electron chi connectivity index (χ2n) is 3.33. The number of nitrogens with zero attached hydrogens (tertiary/aromatic N) is 1. The monoisotopic (exact) mass is 202 g/mol. The van der Waals surface area contributed by atoms with Gasteiger partial charge in [-0.3, -0.25) is 4.79 Å². The molecule has 0 aromatic heterocycles. The van der Waals surface area contributed by atoms with Crippen LogP contribution in [0.5, 0.6) is 0 Å². The Kier molecular flexibility index (Phi) is 3.87. The highest BCUT2D eigenvalue weighted by atomic mass is 16.1. The third-order valence-corrected chi connectivity index (χ3v) is 2.23. The van der Waals surface area contributed by atoms with Gasteiger partial charge >= 0.3 is 5.91 Å². The maximum atomic E-state index is 11.3. The summed E-state index contributed by atoms with van der Waals surface area (Å²) in [4.78, 5) is 14.4. The minimum Gasteiger partial charge on any atom is -0.319 e. The molecular formula is C12H14N2O. The van der Waals surface area contributed by atoms with Gasteiger partial charge in [0.1, 0.15) is 0 Å². The number of hydrogen-bond donors (Lipinski definition) is 1. The highest BCUT2D eigenvalue weighted by Crippen LogP contribution is 2.20. The van der Waals surface area contributed by atoms with Crippen molar-refractivity contribution >= 4 is 11.6 Å². The normalized spacial score (nSPS) is 9.40. The topological polar surface area (TPSA) is 33.5 Å². The van der Waals surface area contributed by atoms with Gasteiger partial charge in [-0.2, -0.15) is 0 Å². The van der Waals surface area contributed by atoms with Crippen molar-refractivity contribution < 1.29 is 4.79 Å². The number of hydrogen-bond acceptors (Lipinski definition) is 1. The standard InChI is InChI=1S/C12H14N2O/c1-4-10-7-5-6-9(2)12(10)14-11(15)8-13-3/h5-7H,4,8H2,1-2H3,(H,14,15). The fourth-order valence-corrected chi connectivity index (χ4v) is 1.45. The Morgan fingerprint density at radius 1 is 1.53 bits per heavy atom. The lowest BCUT2D eigenvalue weighted by molar-refractivity contribution is -0.114. The number of amides is 1. The molecule has 3 nitrogen and oxygen atoms in total. The summed E-state index contributed by atoms with van der Waals surface area (Å²) in [6.07, 6.45) is 0.870. The number of rotatable bonds is 3. The van der Waals surface area contributed by atoms with E-state index in [-0.39, 0.29) is 12.5 Å². The summed E-state index contributed by atoms with van der Waals surface area (Å²) in [5.41, 5.74) is 3.00. The van der Waals surface area contributed by atoms with Crippen molar-refractivity contribution in [3.63, 3.8) is 0 Å². The Morgan fingerprint density at radius 2 is 2.27 bits per heavy atom. The molecule has 0 aliphatic rings. The van der Waals surface area contributed by atoms with Crippen molar-refractivity contribution in [1.29, 1.82) is 0 Å². The number of benzene rings is 1.